The largest absolute Gasteiger partial charge is 0.465 e. The molecule has 0 aliphatic rings. The van der Waals surface area contributed by atoms with Gasteiger partial charge in [0.2, 0.25) is 0 Å². The summed E-state index contributed by atoms with van der Waals surface area (Å²) in [6, 6.07) is 21.7. The van der Waals surface area contributed by atoms with Crippen LogP contribution in [0.2, 0.25) is 0 Å². The molecule has 194 valence electrons. The van der Waals surface area contributed by atoms with Crippen molar-refractivity contribution in [3.8, 4) is 0 Å². The highest BCUT2D eigenvalue weighted by Gasteiger charge is 2.37. The summed E-state index contributed by atoms with van der Waals surface area (Å²) in [4.78, 5) is 34.2. The summed E-state index contributed by atoms with van der Waals surface area (Å²) >= 11 is 0. The fraction of sp³-hybridized carbons (Fsp3) is 0.143. The van der Waals surface area contributed by atoms with E-state index in [0.717, 1.165) is 21.7 Å². The molecule has 0 bridgehead atoms. The van der Waals surface area contributed by atoms with Crippen LogP contribution in [0.25, 0.3) is 23.2 Å². The predicted octanol–water partition coefficient (Wildman–Crippen LogP) is 3.52. The molecule has 0 saturated heterocycles. The maximum Gasteiger partial charge on any atom is 0.326 e. The zero-order valence-corrected chi connectivity index (χ0v) is 21.4. The number of fused-ring (bicyclic) bond motifs is 1. The number of aromatic nitrogens is 2. The first kappa shape index (κ1) is 26.6. The number of carbonyl (C=O) groups is 2. The third kappa shape index (κ3) is 6.10. The molecule has 9 nitrogen and oxygen atoms in total. The van der Waals surface area contributed by atoms with Crippen LogP contribution in [0.4, 0.5) is 0 Å². The van der Waals surface area contributed by atoms with Gasteiger partial charge in [-0.2, -0.15) is 0 Å². The fourth-order valence-electron chi connectivity index (χ4n) is 3.72. The van der Waals surface area contributed by atoms with Gasteiger partial charge < -0.3 is 4.74 Å². The lowest BCUT2D eigenvalue weighted by atomic mass is 10.1. The van der Waals surface area contributed by atoms with Crippen molar-refractivity contribution in [3.05, 3.63) is 102 Å². The lowest BCUT2D eigenvalue weighted by molar-refractivity contribution is -0.142. The van der Waals surface area contributed by atoms with Gasteiger partial charge in [0.25, 0.3) is 5.91 Å². The second-order valence-corrected chi connectivity index (χ2v) is 10.4. The van der Waals surface area contributed by atoms with Crippen molar-refractivity contribution in [2.24, 2.45) is 5.84 Å². The van der Waals surface area contributed by atoms with Gasteiger partial charge in [-0.3, -0.25) is 14.6 Å². The number of hydrazine groups is 1. The van der Waals surface area contributed by atoms with Crippen molar-refractivity contribution in [1.82, 2.24) is 15.0 Å². The summed E-state index contributed by atoms with van der Waals surface area (Å²) in [7, 11) is -4.16. The standard InChI is InChI=1S/C28H26N4O5S/c1-2-37-28(34)25(38(35,36)24-8-4-3-5-9-24)19-32(29)27(33)22-13-10-20(11-14-22)12-16-23-17-15-21-7-6-18-30-26(21)31-23/h3-18,25H,2,19,29H2,1H3/t25-/m0/s1. The molecule has 4 aromatic rings. The smallest absolute Gasteiger partial charge is 0.326 e. The maximum atomic E-state index is 13.1. The number of amides is 1. The molecule has 1 atom stereocenters. The average molecular weight is 531 g/mol. The summed E-state index contributed by atoms with van der Waals surface area (Å²) in [6.45, 7) is 0.981. The molecule has 38 heavy (non-hydrogen) atoms. The van der Waals surface area contributed by atoms with Gasteiger partial charge in [-0.1, -0.05) is 36.4 Å². The second-order valence-electron chi connectivity index (χ2n) is 8.30. The molecule has 4 rings (SSSR count). The second kappa shape index (κ2) is 11.8. The Balaban J connectivity index is 1.48. The van der Waals surface area contributed by atoms with E-state index in [-0.39, 0.29) is 17.1 Å². The molecule has 2 heterocycles. The van der Waals surface area contributed by atoms with Crippen molar-refractivity contribution in [3.63, 3.8) is 0 Å². The zero-order chi connectivity index (χ0) is 27.1. The van der Waals surface area contributed by atoms with E-state index in [2.05, 4.69) is 9.97 Å². The van der Waals surface area contributed by atoms with Crippen LogP contribution >= 0.6 is 0 Å². The van der Waals surface area contributed by atoms with Gasteiger partial charge >= 0.3 is 5.97 Å². The van der Waals surface area contributed by atoms with E-state index in [1.807, 2.05) is 36.4 Å². The lowest BCUT2D eigenvalue weighted by Gasteiger charge is -2.23. The fourth-order valence-corrected chi connectivity index (χ4v) is 5.26. The minimum atomic E-state index is -4.16. The Bertz CT molecular complexity index is 1570. The van der Waals surface area contributed by atoms with E-state index in [4.69, 9.17) is 10.6 Å². The third-order valence-corrected chi connectivity index (χ3v) is 7.73. The van der Waals surface area contributed by atoms with Gasteiger partial charge in [-0.25, -0.2) is 24.2 Å². The molecule has 1 amide bonds. The quantitative estimate of drug-likeness (QED) is 0.150. The Morgan fingerprint density at radius 1 is 0.974 bits per heavy atom. The number of nitrogens with zero attached hydrogens (tertiary/aromatic N) is 3. The van der Waals surface area contributed by atoms with Crippen LogP contribution < -0.4 is 5.84 Å². The van der Waals surface area contributed by atoms with Crippen molar-refractivity contribution in [2.45, 2.75) is 17.1 Å². The number of hydrogen-bond acceptors (Lipinski definition) is 8. The van der Waals surface area contributed by atoms with Gasteiger partial charge in [0.05, 0.1) is 23.7 Å². The van der Waals surface area contributed by atoms with E-state index >= 15 is 0 Å². The molecule has 2 aromatic heterocycles. The van der Waals surface area contributed by atoms with Gasteiger partial charge in [-0.15, -0.1) is 0 Å². The first-order chi connectivity index (χ1) is 18.3. The maximum absolute atomic E-state index is 13.1. The number of esters is 1. The first-order valence-corrected chi connectivity index (χ1v) is 13.4. The normalized spacial score (nSPS) is 12.4. The van der Waals surface area contributed by atoms with E-state index in [1.165, 1.54) is 12.1 Å². The molecule has 0 aliphatic heterocycles. The van der Waals surface area contributed by atoms with E-state index in [9.17, 15) is 18.0 Å². The average Bonchev–Trinajstić information content (AvgIpc) is 2.95. The van der Waals surface area contributed by atoms with Gasteiger partial charge in [0, 0.05) is 17.1 Å². The molecule has 2 aromatic carbocycles. The highest BCUT2D eigenvalue weighted by atomic mass is 32.2. The Kier molecular flexibility index (Phi) is 8.25. The number of ether oxygens (including phenoxy) is 1. The molecule has 2 N–H and O–H groups in total. The number of benzene rings is 2. The van der Waals surface area contributed by atoms with Crippen molar-refractivity contribution in [2.75, 3.05) is 13.2 Å². The number of nitrogens with two attached hydrogens (primary N) is 1. The Morgan fingerprint density at radius 2 is 1.71 bits per heavy atom. The monoisotopic (exact) mass is 530 g/mol. The van der Waals surface area contributed by atoms with E-state index < -0.39 is 33.5 Å². The van der Waals surface area contributed by atoms with Crippen LogP contribution in [-0.2, 0) is 19.4 Å². The zero-order valence-electron chi connectivity index (χ0n) is 20.6. The predicted molar refractivity (Wildman–Crippen MR) is 144 cm³/mol. The summed E-state index contributed by atoms with van der Waals surface area (Å²) in [6.07, 6.45) is 5.36. The minimum Gasteiger partial charge on any atom is -0.465 e. The van der Waals surface area contributed by atoms with Crippen molar-refractivity contribution in [1.29, 1.82) is 0 Å². The molecule has 0 spiro atoms. The summed E-state index contributed by atoms with van der Waals surface area (Å²) in [5, 5.41) is -0.00980. The van der Waals surface area contributed by atoms with Crippen LogP contribution in [0.3, 0.4) is 0 Å². The van der Waals surface area contributed by atoms with Crippen molar-refractivity contribution >= 4 is 44.9 Å². The molecule has 0 saturated carbocycles. The van der Waals surface area contributed by atoms with Gasteiger partial charge in [0.1, 0.15) is 0 Å². The number of rotatable bonds is 9. The Hall–Kier alpha value is -4.41. The van der Waals surface area contributed by atoms with E-state index in [1.54, 1.807) is 55.6 Å². The van der Waals surface area contributed by atoms with Crippen molar-refractivity contribution < 1.29 is 22.7 Å². The lowest BCUT2D eigenvalue weighted by Crippen LogP contribution is -2.48. The highest BCUT2D eigenvalue weighted by molar-refractivity contribution is 7.92. The molecular weight excluding hydrogens is 504 g/mol. The van der Waals surface area contributed by atoms with Crippen LogP contribution in [-0.4, -0.2) is 53.7 Å². The number of pyridine rings is 2. The number of carbonyl (C=O) groups excluding carboxylic acids is 2. The Morgan fingerprint density at radius 3 is 2.42 bits per heavy atom. The molecule has 10 heteroatoms. The summed E-state index contributed by atoms with van der Waals surface area (Å²) in [5.74, 6) is 4.35. The summed E-state index contributed by atoms with van der Waals surface area (Å²) in [5.41, 5.74) is 2.42. The van der Waals surface area contributed by atoms with E-state index in [0.29, 0.717) is 5.65 Å². The van der Waals surface area contributed by atoms with Crippen LogP contribution in [0.5, 0.6) is 0 Å². The topological polar surface area (TPSA) is 133 Å². The molecule has 0 radical (unpaired) electrons. The number of hydrogen-bond donors (Lipinski definition) is 1. The van der Waals surface area contributed by atoms with Crippen LogP contribution in [0.1, 0.15) is 28.5 Å². The molecular formula is C28H26N4O5S. The van der Waals surface area contributed by atoms with Gasteiger partial charge in [-0.05, 0) is 67.1 Å². The minimum absolute atomic E-state index is 0.0155. The number of sulfone groups is 1. The highest BCUT2D eigenvalue weighted by Crippen LogP contribution is 2.19. The summed E-state index contributed by atoms with van der Waals surface area (Å²) < 4.78 is 31.2. The van der Waals surface area contributed by atoms with Crippen LogP contribution in [0.15, 0.2) is 90.0 Å². The first-order valence-electron chi connectivity index (χ1n) is 11.8. The Labute approximate surface area is 220 Å². The SMILES string of the molecule is CCOC(=O)[C@H](CN(N)C(=O)c1ccc(C=Cc2ccc3cccnc3n2)cc1)S(=O)(=O)c1ccccc1. The molecule has 0 unspecified atom stereocenters. The van der Waals surface area contributed by atoms with Gasteiger partial charge in [0.15, 0.2) is 20.7 Å². The third-order valence-electron chi connectivity index (χ3n) is 5.71. The van der Waals surface area contributed by atoms with Crippen LogP contribution in [0, 0.1) is 0 Å². The molecule has 0 fully saturated rings. The molecule has 0 aliphatic carbocycles.